The first-order valence-corrected chi connectivity index (χ1v) is 7.14. The van der Waals surface area contributed by atoms with Crippen LogP contribution in [0.4, 0.5) is 19.0 Å². The van der Waals surface area contributed by atoms with Crippen LogP contribution in [0.1, 0.15) is 25.0 Å². The zero-order valence-corrected chi connectivity index (χ0v) is 11.8. The summed E-state index contributed by atoms with van der Waals surface area (Å²) in [6.45, 7) is 0.612. The van der Waals surface area contributed by atoms with Gasteiger partial charge in [0.1, 0.15) is 11.5 Å². The van der Waals surface area contributed by atoms with E-state index in [1.54, 1.807) is 18.2 Å². The molecule has 1 N–H and O–H groups in total. The third kappa shape index (κ3) is 3.72. The minimum atomic E-state index is -4.51. The largest absolute Gasteiger partial charge is 0.433 e. The Balaban J connectivity index is 1.87. The molecule has 1 aliphatic carbocycles. The molecule has 1 saturated carbocycles. The molecule has 2 aromatic heterocycles. The second-order valence-corrected chi connectivity index (χ2v) is 5.33. The van der Waals surface area contributed by atoms with E-state index in [9.17, 15) is 13.2 Å². The lowest BCUT2D eigenvalue weighted by molar-refractivity contribution is -0.141. The van der Waals surface area contributed by atoms with Gasteiger partial charge in [-0.05, 0) is 24.5 Å². The summed E-state index contributed by atoms with van der Waals surface area (Å²) in [5.74, 6) is 0.861. The molecule has 0 spiro atoms. The molecule has 7 heteroatoms. The lowest BCUT2D eigenvalue weighted by Gasteiger charge is -2.11. The lowest BCUT2D eigenvalue weighted by atomic mass is 10.3. The minimum Gasteiger partial charge on any atom is -0.370 e. The van der Waals surface area contributed by atoms with Crippen molar-refractivity contribution in [3.8, 4) is 11.5 Å². The Morgan fingerprint density at radius 1 is 1.18 bits per heavy atom. The second kappa shape index (κ2) is 5.90. The van der Waals surface area contributed by atoms with Crippen LogP contribution in [0.5, 0.6) is 0 Å². The highest BCUT2D eigenvalue weighted by atomic mass is 19.4. The van der Waals surface area contributed by atoms with Gasteiger partial charge in [-0.3, -0.25) is 4.98 Å². The van der Waals surface area contributed by atoms with Crippen molar-refractivity contribution in [2.45, 2.75) is 25.4 Å². The maximum absolute atomic E-state index is 13.0. The third-order valence-electron chi connectivity index (χ3n) is 3.47. The average Bonchev–Trinajstić information content (AvgIpc) is 3.31. The number of anilines is 1. The molecule has 0 bridgehead atoms. The van der Waals surface area contributed by atoms with E-state index in [2.05, 4.69) is 20.3 Å². The van der Waals surface area contributed by atoms with Crippen LogP contribution in [0.3, 0.4) is 0 Å². The minimum absolute atomic E-state index is 0.0238. The van der Waals surface area contributed by atoms with Gasteiger partial charge in [0.05, 0.1) is 0 Å². The van der Waals surface area contributed by atoms with Crippen molar-refractivity contribution in [1.29, 1.82) is 0 Å². The van der Waals surface area contributed by atoms with Crippen molar-refractivity contribution in [2.24, 2.45) is 5.92 Å². The summed E-state index contributed by atoms with van der Waals surface area (Å²) in [5.41, 5.74) is -0.643. The van der Waals surface area contributed by atoms with Gasteiger partial charge in [0, 0.05) is 18.8 Å². The number of pyridine rings is 1. The topological polar surface area (TPSA) is 50.7 Å². The molecule has 1 aliphatic rings. The first-order valence-electron chi connectivity index (χ1n) is 7.14. The van der Waals surface area contributed by atoms with Gasteiger partial charge in [-0.2, -0.15) is 13.2 Å². The van der Waals surface area contributed by atoms with Crippen molar-refractivity contribution < 1.29 is 13.2 Å². The second-order valence-electron chi connectivity index (χ2n) is 5.33. The summed E-state index contributed by atoms with van der Waals surface area (Å²) in [4.78, 5) is 11.8. The van der Waals surface area contributed by atoms with Crippen molar-refractivity contribution in [3.05, 3.63) is 36.2 Å². The molecule has 2 heterocycles. The summed E-state index contributed by atoms with van der Waals surface area (Å²) in [7, 11) is 0. The number of aromatic nitrogens is 3. The van der Waals surface area contributed by atoms with Gasteiger partial charge >= 0.3 is 6.18 Å². The van der Waals surface area contributed by atoms with Gasteiger partial charge in [-0.1, -0.05) is 18.9 Å². The Bertz CT molecular complexity index is 639. The Morgan fingerprint density at radius 3 is 2.64 bits per heavy atom. The molecular weight excluding hydrogens is 293 g/mol. The van der Waals surface area contributed by atoms with Crippen LogP contribution in [-0.2, 0) is 6.18 Å². The predicted molar refractivity (Wildman–Crippen MR) is 76.1 cm³/mol. The molecule has 116 valence electrons. The molecule has 0 aromatic carbocycles. The predicted octanol–water partition coefficient (Wildman–Crippen LogP) is 3.77. The van der Waals surface area contributed by atoms with Crippen molar-refractivity contribution >= 4 is 5.82 Å². The monoisotopic (exact) mass is 308 g/mol. The molecule has 2 aromatic rings. The SMILES string of the molecule is FC(F)(F)c1cc(NCCC2CC2)nc(-c2ccccn2)n1. The zero-order valence-electron chi connectivity index (χ0n) is 11.8. The summed E-state index contributed by atoms with van der Waals surface area (Å²) in [6.07, 6.45) is 0.347. The molecule has 0 aliphatic heterocycles. The highest BCUT2D eigenvalue weighted by Crippen LogP contribution is 2.33. The van der Waals surface area contributed by atoms with Crippen LogP contribution in [0.15, 0.2) is 30.5 Å². The highest BCUT2D eigenvalue weighted by molar-refractivity contribution is 5.53. The van der Waals surface area contributed by atoms with Crippen LogP contribution >= 0.6 is 0 Å². The molecule has 0 saturated heterocycles. The van der Waals surface area contributed by atoms with Crippen molar-refractivity contribution in [3.63, 3.8) is 0 Å². The number of alkyl halides is 3. The number of halogens is 3. The van der Waals surface area contributed by atoms with Gasteiger partial charge < -0.3 is 5.32 Å². The number of rotatable bonds is 5. The molecule has 0 unspecified atom stereocenters. The highest BCUT2D eigenvalue weighted by Gasteiger charge is 2.34. The Labute approximate surface area is 125 Å². The summed E-state index contributed by atoms with van der Waals surface area (Å²) in [6, 6.07) is 5.90. The van der Waals surface area contributed by atoms with Crippen LogP contribution in [0.2, 0.25) is 0 Å². The first-order chi connectivity index (χ1) is 10.5. The molecule has 22 heavy (non-hydrogen) atoms. The zero-order chi connectivity index (χ0) is 15.6. The quantitative estimate of drug-likeness (QED) is 0.913. The molecular formula is C15H15F3N4. The number of nitrogens with one attached hydrogen (secondary N) is 1. The molecule has 3 rings (SSSR count). The average molecular weight is 308 g/mol. The van der Waals surface area contributed by atoms with Gasteiger partial charge in [0.25, 0.3) is 0 Å². The van der Waals surface area contributed by atoms with Gasteiger partial charge in [-0.25, -0.2) is 9.97 Å². The fraction of sp³-hybridized carbons (Fsp3) is 0.400. The molecule has 0 amide bonds. The van der Waals surface area contributed by atoms with Gasteiger partial charge in [0.2, 0.25) is 0 Å². The van der Waals surface area contributed by atoms with E-state index in [-0.39, 0.29) is 11.6 Å². The van der Waals surface area contributed by atoms with Crippen LogP contribution in [-0.4, -0.2) is 21.5 Å². The van der Waals surface area contributed by atoms with E-state index in [0.717, 1.165) is 12.5 Å². The van der Waals surface area contributed by atoms with E-state index in [0.29, 0.717) is 18.2 Å². The van der Waals surface area contributed by atoms with E-state index in [1.165, 1.54) is 19.0 Å². The summed E-state index contributed by atoms with van der Waals surface area (Å²) in [5, 5.41) is 2.96. The van der Waals surface area contributed by atoms with E-state index < -0.39 is 11.9 Å². The van der Waals surface area contributed by atoms with E-state index in [1.807, 2.05) is 0 Å². The maximum Gasteiger partial charge on any atom is 0.433 e. The fourth-order valence-corrected chi connectivity index (χ4v) is 2.10. The number of nitrogens with zero attached hydrogens (tertiary/aromatic N) is 3. The van der Waals surface area contributed by atoms with E-state index in [4.69, 9.17) is 0 Å². The van der Waals surface area contributed by atoms with E-state index >= 15 is 0 Å². The summed E-state index contributed by atoms with van der Waals surface area (Å²) >= 11 is 0. The molecule has 0 atom stereocenters. The van der Waals surface area contributed by atoms with Crippen LogP contribution in [0.25, 0.3) is 11.5 Å². The first kappa shape index (κ1) is 14.7. The standard InChI is InChI=1S/C15H15F3N4/c16-15(17,18)12-9-13(20-8-6-10-4-5-10)22-14(21-12)11-3-1-2-7-19-11/h1-3,7,9-10H,4-6,8H2,(H,20,21,22). The van der Waals surface area contributed by atoms with Crippen LogP contribution in [0, 0.1) is 5.92 Å². The van der Waals surface area contributed by atoms with Gasteiger partial charge in [0.15, 0.2) is 11.5 Å². The Kier molecular flexibility index (Phi) is 3.96. The Morgan fingerprint density at radius 2 is 2.00 bits per heavy atom. The summed E-state index contributed by atoms with van der Waals surface area (Å²) < 4.78 is 39.0. The molecule has 4 nitrogen and oxygen atoms in total. The number of hydrogen-bond acceptors (Lipinski definition) is 4. The van der Waals surface area contributed by atoms with Crippen molar-refractivity contribution in [1.82, 2.24) is 15.0 Å². The third-order valence-corrected chi connectivity index (χ3v) is 3.47. The normalized spacial score (nSPS) is 14.9. The van der Waals surface area contributed by atoms with Gasteiger partial charge in [-0.15, -0.1) is 0 Å². The fourth-order valence-electron chi connectivity index (χ4n) is 2.10. The Hall–Kier alpha value is -2.18. The van der Waals surface area contributed by atoms with Crippen LogP contribution < -0.4 is 5.32 Å². The number of hydrogen-bond donors (Lipinski definition) is 1. The molecule has 1 fully saturated rings. The lowest BCUT2D eigenvalue weighted by Crippen LogP contribution is -2.13. The molecule has 0 radical (unpaired) electrons. The van der Waals surface area contributed by atoms with Crippen molar-refractivity contribution in [2.75, 3.05) is 11.9 Å². The maximum atomic E-state index is 13.0. The smallest absolute Gasteiger partial charge is 0.370 e.